The normalized spacial score (nSPS) is 33.7. The molecule has 2 aliphatic heterocycles. The molecule has 0 saturated carbocycles. The molecule has 2 saturated heterocycles. The van der Waals surface area contributed by atoms with E-state index >= 15 is 0 Å². The Kier molecular flexibility index (Phi) is 3.84. The maximum atomic E-state index is 12.1. The maximum absolute atomic E-state index is 12.1. The second-order valence-electron chi connectivity index (χ2n) is 6.07. The third-order valence-corrected chi connectivity index (χ3v) is 3.96. The number of nitrogens with zero attached hydrogens (tertiary/aromatic N) is 4. The quantitative estimate of drug-likeness (QED) is 0.382. The molecule has 2 aliphatic rings. The van der Waals surface area contributed by atoms with E-state index in [9.17, 15) is 9.59 Å². The molecule has 0 amide bonds. The number of fused-ring (bicyclic) bond motifs is 1. The van der Waals surface area contributed by atoms with Gasteiger partial charge in [-0.15, -0.1) is 6.58 Å². The van der Waals surface area contributed by atoms with Crippen LogP contribution in [0.3, 0.4) is 0 Å². The molecule has 0 unspecified atom stereocenters. The largest absolute Gasteiger partial charge is 0.341 e. The number of aromatic amines is 1. The Morgan fingerprint density at radius 1 is 1.46 bits per heavy atom. The van der Waals surface area contributed by atoms with Crippen LogP contribution in [-0.2, 0) is 14.2 Å². The smallest absolute Gasteiger partial charge is 0.330 e. The van der Waals surface area contributed by atoms with E-state index in [1.807, 2.05) is 0 Å². The third kappa shape index (κ3) is 2.55. The Morgan fingerprint density at radius 2 is 2.21 bits per heavy atom. The van der Waals surface area contributed by atoms with Crippen molar-refractivity contribution in [3.8, 4) is 0 Å². The molecule has 0 aliphatic carbocycles. The number of hydrogen-bond acceptors (Lipinski definition) is 6. The van der Waals surface area contributed by atoms with Crippen LogP contribution in [0.5, 0.6) is 0 Å². The number of azide groups is 1. The van der Waals surface area contributed by atoms with Crippen molar-refractivity contribution in [1.29, 1.82) is 0 Å². The molecular formula is C14H17N5O5. The molecule has 3 heterocycles. The lowest BCUT2D eigenvalue weighted by Gasteiger charge is -2.30. The van der Waals surface area contributed by atoms with Crippen LogP contribution in [-0.4, -0.2) is 33.3 Å². The summed E-state index contributed by atoms with van der Waals surface area (Å²) in [4.78, 5) is 28.4. The molecule has 1 N–H and O–H groups in total. The Balaban J connectivity index is 2.11. The first-order valence-corrected chi connectivity index (χ1v) is 7.34. The summed E-state index contributed by atoms with van der Waals surface area (Å²) in [5.41, 5.74) is 6.37. The van der Waals surface area contributed by atoms with Crippen LogP contribution in [0.15, 0.2) is 39.6 Å². The van der Waals surface area contributed by atoms with Gasteiger partial charge in [-0.25, -0.2) is 4.79 Å². The van der Waals surface area contributed by atoms with Crippen molar-refractivity contribution in [1.82, 2.24) is 9.55 Å². The average molecular weight is 335 g/mol. The Bertz CT molecular complexity index is 823. The van der Waals surface area contributed by atoms with Crippen molar-refractivity contribution in [2.24, 2.45) is 5.11 Å². The summed E-state index contributed by atoms with van der Waals surface area (Å²) in [6.07, 6.45) is 0.661. The first kappa shape index (κ1) is 16.5. The first-order valence-electron chi connectivity index (χ1n) is 7.34. The van der Waals surface area contributed by atoms with Crippen molar-refractivity contribution in [2.75, 3.05) is 0 Å². The van der Waals surface area contributed by atoms with Gasteiger partial charge in [0.05, 0.1) is 0 Å². The van der Waals surface area contributed by atoms with Gasteiger partial charge in [-0.1, -0.05) is 11.2 Å². The molecule has 10 heteroatoms. The fourth-order valence-electron chi connectivity index (χ4n) is 3.10. The summed E-state index contributed by atoms with van der Waals surface area (Å²) in [5.74, 6) is -0.944. The van der Waals surface area contributed by atoms with Gasteiger partial charge in [0.15, 0.2) is 17.7 Å². The van der Waals surface area contributed by atoms with Crippen molar-refractivity contribution in [2.45, 2.75) is 50.2 Å². The molecule has 10 nitrogen and oxygen atoms in total. The van der Waals surface area contributed by atoms with Crippen molar-refractivity contribution in [3.05, 3.63) is 56.2 Å². The van der Waals surface area contributed by atoms with Crippen LogP contribution in [0, 0.1) is 0 Å². The summed E-state index contributed by atoms with van der Waals surface area (Å²) < 4.78 is 18.8. The second-order valence-corrected chi connectivity index (χ2v) is 6.07. The monoisotopic (exact) mass is 335 g/mol. The molecule has 0 aromatic carbocycles. The van der Waals surface area contributed by atoms with E-state index in [4.69, 9.17) is 19.7 Å². The minimum atomic E-state index is -1.39. The van der Waals surface area contributed by atoms with E-state index < -0.39 is 41.2 Å². The van der Waals surface area contributed by atoms with E-state index in [0.29, 0.717) is 0 Å². The van der Waals surface area contributed by atoms with Crippen molar-refractivity contribution >= 4 is 0 Å². The van der Waals surface area contributed by atoms with Gasteiger partial charge in [0.25, 0.3) is 5.56 Å². The molecule has 0 bridgehead atoms. The van der Waals surface area contributed by atoms with Crippen molar-refractivity contribution in [3.63, 3.8) is 0 Å². The molecular weight excluding hydrogens is 318 g/mol. The van der Waals surface area contributed by atoms with Gasteiger partial charge < -0.3 is 14.2 Å². The number of ether oxygens (including phenoxy) is 3. The highest BCUT2D eigenvalue weighted by atomic mass is 16.8. The molecule has 2 fully saturated rings. The van der Waals surface area contributed by atoms with Gasteiger partial charge in [-0.05, 0) is 19.4 Å². The minimum absolute atomic E-state index is 0.173. The van der Waals surface area contributed by atoms with E-state index in [0.717, 1.165) is 0 Å². The van der Waals surface area contributed by atoms with Crippen LogP contribution in [0.1, 0.15) is 26.5 Å². The highest BCUT2D eigenvalue weighted by molar-refractivity contribution is 5.07. The molecule has 0 radical (unpaired) electrons. The standard InChI is InChI=1S/C14H17N5O5/c1-4-6-14(17-18-15)10-9(22-13(2,3)23-10)11(24-14)19-7-5-8(20)16-12(19)21/h4-5,7,9-11H,1,6H2,2-3H3,(H,16,20,21)/t9-,10+,11-,14-/m1/s1. The fourth-order valence-corrected chi connectivity index (χ4v) is 3.10. The highest BCUT2D eigenvalue weighted by Gasteiger charge is 2.63. The van der Waals surface area contributed by atoms with Gasteiger partial charge in [0.1, 0.15) is 12.2 Å². The number of H-pyrrole nitrogens is 1. The maximum Gasteiger partial charge on any atom is 0.330 e. The average Bonchev–Trinajstić information content (AvgIpc) is 2.94. The van der Waals surface area contributed by atoms with Gasteiger partial charge in [0, 0.05) is 23.6 Å². The molecule has 1 aromatic heterocycles. The molecule has 3 rings (SSSR count). The number of aromatic nitrogens is 2. The molecule has 24 heavy (non-hydrogen) atoms. The Hall–Kier alpha value is -2.39. The van der Waals surface area contributed by atoms with E-state index in [1.54, 1.807) is 19.9 Å². The van der Waals surface area contributed by atoms with Crippen LogP contribution in [0.25, 0.3) is 10.4 Å². The highest BCUT2D eigenvalue weighted by Crippen LogP contribution is 2.49. The predicted octanol–water partition coefficient (Wildman–Crippen LogP) is 1.17. The van der Waals surface area contributed by atoms with E-state index in [-0.39, 0.29) is 6.42 Å². The topological polar surface area (TPSA) is 131 Å². The first-order chi connectivity index (χ1) is 11.3. The fraction of sp³-hybridized carbons (Fsp3) is 0.571. The lowest BCUT2D eigenvalue weighted by Crippen LogP contribution is -2.40. The predicted molar refractivity (Wildman–Crippen MR) is 82.0 cm³/mol. The van der Waals surface area contributed by atoms with E-state index in [2.05, 4.69) is 21.6 Å². The molecule has 128 valence electrons. The number of rotatable bonds is 4. The second kappa shape index (κ2) is 5.60. The summed E-state index contributed by atoms with van der Waals surface area (Å²) in [7, 11) is 0. The van der Waals surface area contributed by atoms with Gasteiger partial charge in [-0.2, -0.15) is 0 Å². The minimum Gasteiger partial charge on any atom is -0.341 e. The van der Waals surface area contributed by atoms with Gasteiger partial charge in [-0.3, -0.25) is 14.3 Å². The lowest BCUT2D eigenvalue weighted by atomic mass is 10.0. The van der Waals surface area contributed by atoms with Crippen molar-refractivity contribution < 1.29 is 14.2 Å². The zero-order valence-electron chi connectivity index (χ0n) is 13.2. The lowest BCUT2D eigenvalue weighted by molar-refractivity contribution is -0.219. The van der Waals surface area contributed by atoms with Gasteiger partial charge in [0.2, 0.25) is 0 Å². The van der Waals surface area contributed by atoms with Crippen LogP contribution >= 0.6 is 0 Å². The van der Waals surface area contributed by atoms with Crippen LogP contribution < -0.4 is 11.2 Å². The summed E-state index contributed by atoms with van der Waals surface area (Å²) in [5, 5.41) is 3.77. The summed E-state index contributed by atoms with van der Waals surface area (Å²) >= 11 is 0. The molecule has 1 aromatic rings. The zero-order valence-corrected chi connectivity index (χ0v) is 13.2. The van der Waals surface area contributed by atoms with E-state index in [1.165, 1.54) is 16.8 Å². The van der Waals surface area contributed by atoms with Crippen LogP contribution in [0.2, 0.25) is 0 Å². The number of nitrogens with one attached hydrogen (secondary N) is 1. The Morgan fingerprint density at radius 3 is 2.83 bits per heavy atom. The van der Waals surface area contributed by atoms with Crippen LogP contribution in [0.4, 0.5) is 0 Å². The Labute approximate surface area is 136 Å². The summed E-state index contributed by atoms with van der Waals surface area (Å²) in [6.45, 7) is 7.08. The zero-order chi connectivity index (χ0) is 17.5. The third-order valence-electron chi connectivity index (χ3n) is 3.96. The molecule has 0 spiro atoms. The SMILES string of the molecule is C=CC[C@@]1(N=[N+]=[N-])O[C@@H](n2ccc(=O)[nH]c2=O)[C@@H]2OC(C)(C)O[C@@H]21. The molecule has 4 atom stereocenters. The van der Waals surface area contributed by atoms with Gasteiger partial charge >= 0.3 is 5.69 Å². The summed E-state index contributed by atoms with van der Waals surface area (Å²) in [6, 6.07) is 1.20. The number of hydrogen-bond donors (Lipinski definition) is 1.